The lowest BCUT2D eigenvalue weighted by Crippen LogP contribution is -2.13. The van der Waals surface area contributed by atoms with Gasteiger partial charge in [0.2, 0.25) is 0 Å². The van der Waals surface area contributed by atoms with Crippen molar-refractivity contribution in [1.29, 1.82) is 0 Å². The summed E-state index contributed by atoms with van der Waals surface area (Å²) in [6, 6.07) is 18.3. The van der Waals surface area contributed by atoms with E-state index in [0.717, 1.165) is 17.7 Å². The molecule has 2 nitrogen and oxygen atoms in total. The van der Waals surface area contributed by atoms with Gasteiger partial charge in [-0.15, -0.1) is 0 Å². The summed E-state index contributed by atoms with van der Waals surface area (Å²) in [6.07, 6.45) is 0.854. The fraction of sp³-hybridized carbons (Fsp3) is 0.200. The van der Waals surface area contributed by atoms with Crippen LogP contribution in [0.5, 0.6) is 5.75 Å². The second kappa shape index (κ2) is 5.51. The molecule has 2 aromatic rings. The molecule has 2 heteroatoms. The van der Waals surface area contributed by atoms with Gasteiger partial charge in [0.1, 0.15) is 5.75 Å². The highest BCUT2D eigenvalue weighted by atomic mass is 16.5. The molecular formula is C15H17NO. The quantitative estimate of drug-likeness (QED) is 0.871. The maximum absolute atomic E-state index is 6.18. The largest absolute Gasteiger partial charge is 0.497 e. The standard InChI is InChI=1S/C15H17NO/c1-17-14-9-7-13(8-10-14)15(16)11-12-5-3-2-4-6-12/h2-10,15H,11,16H2,1H3/t15-/m0/s1. The Morgan fingerprint density at radius 3 is 2.24 bits per heavy atom. The molecular weight excluding hydrogens is 210 g/mol. The molecule has 17 heavy (non-hydrogen) atoms. The topological polar surface area (TPSA) is 35.2 Å². The molecule has 0 heterocycles. The fourth-order valence-corrected chi connectivity index (χ4v) is 1.84. The first-order valence-corrected chi connectivity index (χ1v) is 5.73. The summed E-state index contributed by atoms with van der Waals surface area (Å²) in [6.45, 7) is 0. The highest BCUT2D eigenvalue weighted by Gasteiger charge is 2.06. The molecule has 0 saturated heterocycles. The Balaban J connectivity index is 2.06. The van der Waals surface area contributed by atoms with E-state index in [2.05, 4.69) is 12.1 Å². The number of benzene rings is 2. The molecule has 0 radical (unpaired) electrons. The van der Waals surface area contributed by atoms with E-state index in [9.17, 15) is 0 Å². The molecule has 0 unspecified atom stereocenters. The zero-order valence-electron chi connectivity index (χ0n) is 9.97. The van der Waals surface area contributed by atoms with Gasteiger partial charge < -0.3 is 10.5 Å². The van der Waals surface area contributed by atoms with Crippen LogP contribution in [0.25, 0.3) is 0 Å². The molecule has 1 atom stereocenters. The molecule has 2 rings (SSSR count). The van der Waals surface area contributed by atoms with Gasteiger partial charge in [-0.3, -0.25) is 0 Å². The van der Waals surface area contributed by atoms with Crippen molar-refractivity contribution in [2.75, 3.05) is 7.11 Å². The van der Waals surface area contributed by atoms with Gasteiger partial charge in [0.15, 0.2) is 0 Å². The first kappa shape index (κ1) is 11.7. The zero-order chi connectivity index (χ0) is 12.1. The van der Waals surface area contributed by atoms with Crippen LogP contribution in [-0.2, 0) is 6.42 Å². The van der Waals surface area contributed by atoms with E-state index in [4.69, 9.17) is 10.5 Å². The molecule has 0 aliphatic rings. The third-order valence-corrected chi connectivity index (χ3v) is 2.84. The fourth-order valence-electron chi connectivity index (χ4n) is 1.84. The van der Waals surface area contributed by atoms with Crippen LogP contribution in [0.2, 0.25) is 0 Å². The normalized spacial score (nSPS) is 12.1. The Morgan fingerprint density at radius 2 is 1.65 bits per heavy atom. The lowest BCUT2D eigenvalue weighted by Gasteiger charge is -2.12. The number of methoxy groups -OCH3 is 1. The summed E-state index contributed by atoms with van der Waals surface area (Å²) < 4.78 is 5.13. The molecule has 0 amide bonds. The van der Waals surface area contributed by atoms with Gasteiger partial charge >= 0.3 is 0 Å². The maximum atomic E-state index is 6.18. The SMILES string of the molecule is COc1ccc([C@@H](N)Cc2ccccc2)cc1. The molecule has 0 spiro atoms. The lowest BCUT2D eigenvalue weighted by molar-refractivity contribution is 0.414. The number of rotatable bonds is 4. The van der Waals surface area contributed by atoms with E-state index in [1.165, 1.54) is 5.56 Å². The van der Waals surface area contributed by atoms with Gasteiger partial charge in [0.05, 0.1) is 7.11 Å². The highest BCUT2D eigenvalue weighted by molar-refractivity contribution is 5.30. The molecule has 0 fully saturated rings. The first-order valence-electron chi connectivity index (χ1n) is 5.73. The molecule has 0 aromatic heterocycles. The molecule has 2 aromatic carbocycles. The van der Waals surface area contributed by atoms with Gasteiger partial charge in [0, 0.05) is 6.04 Å². The van der Waals surface area contributed by atoms with Crippen LogP contribution >= 0.6 is 0 Å². The monoisotopic (exact) mass is 227 g/mol. The van der Waals surface area contributed by atoms with E-state index in [1.807, 2.05) is 42.5 Å². The molecule has 88 valence electrons. The van der Waals surface area contributed by atoms with Gasteiger partial charge in [0.25, 0.3) is 0 Å². The summed E-state index contributed by atoms with van der Waals surface area (Å²) in [4.78, 5) is 0. The Kier molecular flexibility index (Phi) is 3.78. The number of hydrogen-bond donors (Lipinski definition) is 1. The van der Waals surface area contributed by atoms with E-state index in [1.54, 1.807) is 7.11 Å². The molecule has 0 bridgehead atoms. The van der Waals surface area contributed by atoms with Crippen LogP contribution in [-0.4, -0.2) is 7.11 Å². The van der Waals surface area contributed by atoms with Crippen molar-refractivity contribution < 1.29 is 4.74 Å². The summed E-state index contributed by atoms with van der Waals surface area (Å²) in [5.41, 5.74) is 8.57. The average Bonchev–Trinajstić information content (AvgIpc) is 2.40. The van der Waals surface area contributed by atoms with Crippen molar-refractivity contribution in [2.45, 2.75) is 12.5 Å². The smallest absolute Gasteiger partial charge is 0.118 e. The predicted molar refractivity (Wildman–Crippen MR) is 70.1 cm³/mol. The first-order chi connectivity index (χ1) is 8.29. The molecule has 0 aliphatic carbocycles. The summed E-state index contributed by atoms with van der Waals surface area (Å²) in [7, 11) is 1.67. The Labute approximate surface area is 102 Å². The third kappa shape index (κ3) is 3.08. The van der Waals surface area contributed by atoms with Gasteiger partial charge in [-0.1, -0.05) is 42.5 Å². The van der Waals surface area contributed by atoms with Crippen LogP contribution < -0.4 is 10.5 Å². The molecule has 2 N–H and O–H groups in total. The van der Waals surface area contributed by atoms with E-state index < -0.39 is 0 Å². The van der Waals surface area contributed by atoms with E-state index in [0.29, 0.717) is 0 Å². The van der Waals surface area contributed by atoms with Gasteiger partial charge in [-0.05, 0) is 29.7 Å². The van der Waals surface area contributed by atoms with Crippen molar-refractivity contribution in [2.24, 2.45) is 5.73 Å². The molecule has 0 saturated carbocycles. The van der Waals surface area contributed by atoms with Crippen LogP contribution in [0.1, 0.15) is 17.2 Å². The van der Waals surface area contributed by atoms with Crippen LogP contribution in [0, 0.1) is 0 Å². The Hall–Kier alpha value is -1.80. The van der Waals surface area contributed by atoms with E-state index in [-0.39, 0.29) is 6.04 Å². The number of ether oxygens (including phenoxy) is 1. The third-order valence-electron chi connectivity index (χ3n) is 2.84. The maximum Gasteiger partial charge on any atom is 0.118 e. The summed E-state index contributed by atoms with van der Waals surface area (Å²) in [5, 5.41) is 0. The second-order valence-corrected chi connectivity index (χ2v) is 4.07. The highest BCUT2D eigenvalue weighted by Crippen LogP contribution is 2.19. The van der Waals surface area contributed by atoms with Crippen molar-refractivity contribution in [3.8, 4) is 5.75 Å². The zero-order valence-corrected chi connectivity index (χ0v) is 9.97. The minimum absolute atomic E-state index is 0.0308. The van der Waals surface area contributed by atoms with Crippen molar-refractivity contribution in [3.05, 3.63) is 65.7 Å². The van der Waals surface area contributed by atoms with E-state index >= 15 is 0 Å². The van der Waals surface area contributed by atoms with Gasteiger partial charge in [-0.2, -0.15) is 0 Å². The minimum atomic E-state index is 0.0308. The van der Waals surface area contributed by atoms with Crippen molar-refractivity contribution in [1.82, 2.24) is 0 Å². The van der Waals surface area contributed by atoms with Gasteiger partial charge in [-0.25, -0.2) is 0 Å². The Bertz CT molecular complexity index is 450. The van der Waals surface area contributed by atoms with Crippen LogP contribution in [0.15, 0.2) is 54.6 Å². The second-order valence-electron chi connectivity index (χ2n) is 4.07. The summed E-state index contributed by atoms with van der Waals surface area (Å²) in [5.74, 6) is 0.862. The lowest BCUT2D eigenvalue weighted by atomic mass is 10.00. The predicted octanol–water partition coefficient (Wildman–Crippen LogP) is 2.94. The van der Waals surface area contributed by atoms with Crippen LogP contribution in [0.4, 0.5) is 0 Å². The molecule has 0 aliphatic heterocycles. The Morgan fingerprint density at radius 1 is 1.00 bits per heavy atom. The number of nitrogens with two attached hydrogens (primary N) is 1. The average molecular weight is 227 g/mol. The number of hydrogen-bond acceptors (Lipinski definition) is 2. The van der Waals surface area contributed by atoms with Crippen molar-refractivity contribution in [3.63, 3.8) is 0 Å². The summed E-state index contributed by atoms with van der Waals surface area (Å²) >= 11 is 0. The minimum Gasteiger partial charge on any atom is -0.497 e. The van der Waals surface area contributed by atoms with Crippen molar-refractivity contribution >= 4 is 0 Å². The van der Waals surface area contributed by atoms with Crippen LogP contribution in [0.3, 0.4) is 0 Å².